The number of halogens is 2. The van der Waals surface area contributed by atoms with Crippen LogP contribution in [0.3, 0.4) is 0 Å². The van der Waals surface area contributed by atoms with Gasteiger partial charge in [0.1, 0.15) is 47.5 Å². The lowest BCUT2D eigenvalue weighted by atomic mass is 9.96. The van der Waals surface area contributed by atoms with Crippen molar-refractivity contribution in [2.24, 2.45) is 14.1 Å². The topological polar surface area (TPSA) is 190 Å². The van der Waals surface area contributed by atoms with Crippen LogP contribution in [0.5, 0.6) is 11.5 Å². The summed E-state index contributed by atoms with van der Waals surface area (Å²) in [5.74, 6) is 0.773. The number of benzene rings is 2. The molecule has 2 N–H and O–H groups in total. The van der Waals surface area contributed by atoms with Crippen molar-refractivity contribution >= 4 is 29.3 Å². The van der Waals surface area contributed by atoms with Gasteiger partial charge in [-0.15, -0.1) is 0 Å². The highest BCUT2D eigenvalue weighted by atomic mass is 19.1. The standard InChI is InChI=1S/C44H33F2N13O3/c1-4-23-12-35(57(3)55-23)32-20-52-44(59-22-25(16-48)54-41(32)59)50-18-30-28-14-39(62-37(28)10-8-34(30)46)38-13-27-29(33(45)7-9-36(27)61-38)17-49-43-51-19-31(26-6-5-11-56(2)42(26)60)40-53-24(15-47)21-58(40)43/h4-12,19-22,38-39H,1,13-14,17-18H2,2-3H3,(H,49,51)(H,50,52). The summed E-state index contributed by atoms with van der Waals surface area (Å²) in [6.07, 6.45) is 9.12. The van der Waals surface area contributed by atoms with Crippen molar-refractivity contribution in [3.8, 4) is 46.0 Å². The summed E-state index contributed by atoms with van der Waals surface area (Å²) < 4.78 is 50.5. The van der Waals surface area contributed by atoms with Crippen LogP contribution >= 0.6 is 0 Å². The van der Waals surface area contributed by atoms with Gasteiger partial charge in [-0.2, -0.15) is 15.6 Å². The number of aromatic nitrogens is 9. The molecule has 0 radical (unpaired) electrons. The van der Waals surface area contributed by atoms with Crippen LogP contribution in [0, 0.1) is 34.3 Å². The van der Waals surface area contributed by atoms with Gasteiger partial charge in [-0.05, 0) is 48.5 Å². The first kappa shape index (κ1) is 37.9. The predicted molar refractivity (Wildman–Crippen MR) is 222 cm³/mol. The molecular weight excluding hydrogens is 797 g/mol. The van der Waals surface area contributed by atoms with Crippen LogP contribution in [0.15, 0.2) is 84.8 Å². The van der Waals surface area contributed by atoms with Gasteiger partial charge in [-0.25, -0.2) is 28.7 Å². The fourth-order valence-corrected chi connectivity index (χ4v) is 8.24. The van der Waals surface area contributed by atoms with Crippen molar-refractivity contribution in [1.82, 2.24) is 43.1 Å². The lowest BCUT2D eigenvalue weighted by Crippen LogP contribution is -2.34. The van der Waals surface area contributed by atoms with Crippen LogP contribution in [-0.4, -0.2) is 55.3 Å². The summed E-state index contributed by atoms with van der Waals surface area (Å²) in [6.45, 7) is 3.85. The number of rotatable bonds is 10. The second-order valence-electron chi connectivity index (χ2n) is 14.9. The summed E-state index contributed by atoms with van der Waals surface area (Å²) in [5, 5.41) is 30.2. The van der Waals surface area contributed by atoms with E-state index >= 15 is 8.78 Å². The quantitative estimate of drug-likeness (QED) is 0.170. The van der Waals surface area contributed by atoms with E-state index in [1.54, 1.807) is 76.5 Å². The first-order chi connectivity index (χ1) is 30.1. The van der Waals surface area contributed by atoms with Gasteiger partial charge < -0.3 is 24.7 Å². The normalized spacial score (nSPS) is 15.1. The molecule has 2 atom stereocenters. The molecule has 2 aliphatic rings. The minimum absolute atomic E-state index is 0.0134. The second-order valence-corrected chi connectivity index (χ2v) is 14.9. The minimum Gasteiger partial charge on any atom is -0.486 e. The summed E-state index contributed by atoms with van der Waals surface area (Å²) in [4.78, 5) is 31.1. The fraction of sp³-hybridized carbons (Fsp3) is 0.182. The lowest BCUT2D eigenvalue weighted by Gasteiger charge is -2.18. The maximum Gasteiger partial charge on any atom is 0.258 e. The molecule has 18 heteroatoms. The van der Waals surface area contributed by atoms with Crippen molar-refractivity contribution in [3.63, 3.8) is 0 Å². The van der Waals surface area contributed by atoms with Gasteiger partial charge in [0.15, 0.2) is 22.7 Å². The fourth-order valence-electron chi connectivity index (χ4n) is 8.24. The number of hydrogen-bond donors (Lipinski definition) is 2. The second kappa shape index (κ2) is 14.7. The Morgan fingerprint density at radius 1 is 0.823 bits per heavy atom. The highest BCUT2D eigenvalue weighted by molar-refractivity contribution is 5.79. The molecule has 0 aliphatic carbocycles. The van der Waals surface area contributed by atoms with E-state index in [4.69, 9.17) is 9.47 Å². The van der Waals surface area contributed by atoms with E-state index in [1.807, 2.05) is 12.1 Å². The predicted octanol–water partition coefficient (Wildman–Crippen LogP) is 5.73. The molecule has 0 bridgehead atoms. The van der Waals surface area contributed by atoms with Crippen LogP contribution in [0.2, 0.25) is 0 Å². The molecule has 62 heavy (non-hydrogen) atoms. The van der Waals surface area contributed by atoms with Crippen molar-refractivity contribution in [3.05, 3.63) is 141 Å². The number of imidazole rings is 2. The molecule has 10 rings (SSSR count). The van der Waals surface area contributed by atoms with Gasteiger partial charge >= 0.3 is 0 Å². The van der Waals surface area contributed by atoms with E-state index in [1.165, 1.54) is 29.1 Å². The zero-order valence-electron chi connectivity index (χ0n) is 33.1. The smallest absolute Gasteiger partial charge is 0.258 e. The number of nitrogens with zero attached hydrogens (tertiary/aromatic N) is 11. The molecule has 16 nitrogen and oxygen atoms in total. The number of nitriles is 2. The molecule has 306 valence electrons. The van der Waals surface area contributed by atoms with Gasteiger partial charge in [0.05, 0.1) is 34.9 Å². The van der Waals surface area contributed by atoms with E-state index in [9.17, 15) is 15.3 Å². The number of anilines is 2. The Labute approximate surface area is 350 Å². The lowest BCUT2D eigenvalue weighted by molar-refractivity contribution is 0.0845. The molecule has 0 fully saturated rings. The van der Waals surface area contributed by atoms with Crippen molar-refractivity contribution in [2.75, 3.05) is 10.6 Å². The van der Waals surface area contributed by atoms with Crippen LogP contribution in [0.25, 0.3) is 39.8 Å². The third-order valence-electron chi connectivity index (χ3n) is 11.3. The summed E-state index contributed by atoms with van der Waals surface area (Å²) in [7, 11) is 3.43. The largest absolute Gasteiger partial charge is 0.486 e. The molecule has 2 unspecified atom stereocenters. The number of pyridine rings is 1. The number of hydrogen-bond acceptors (Lipinski definition) is 12. The Hall–Kier alpha value is -8.38. The Morgan fingerprint density at radius 2 is 1.37 bits per heavy atom. The number of ether oxygens (including phenoxy) is 2. The highest BCUT2D eigenvalue weighted by Crippen LogP contribution is 2.41. The maximum absolute atomic E-state index is 15.7. The van der Waals surface area contributed by atoms with Gasteiger partial charge in [0, 0.05) is 86.4 Å². The van der Waals surface area contributed by atoms with Crippen molar-refractivity contribution in [1.29, 1.82) is 10.5 Å². The van der Waals surface area contributed by atoms with E-state index in [0.717, 1.165) is 5.69 Å². The van der Waals surface area contributed by atoms with Crippen molar-refractivity contribution in [2.45, 2.75) is 38.1 Å². The zero-order valence-corrected chi connectivity index (χ0v) is 33.1. The first-order valence-corrected chi connectivity index (χ1v) is 19.4. The molecule has 6 aromatic heterocycles. The van der Waals surface area contributed by atoms with E-state index in [0.29, 0.717) is 86.2 Å². The molecule has 0 spiro atoms. The van der Waals surface area contributed by atoms with E-state index in [2.05, 4.69) is 48.3 Å². The average molecular weight is 830 g/mol. The van der Waals surface area contributed by atoms with E-state index in [-0.39, 0.29) is 36.0 Å². The Morgan fingerprint density at radius 3 is 1.90 bits per heavy atom. The average Bonchev–Trinajstić information content (AvgIpc) is 4.13. The molecule has 0 saturated heterocycles. The van der Waals surface area contributed by atoms with Crippen molar-refractivity contribution < 1.29 is 18.3 Å². The minimum atomic E-state index is -0.510. The molecule has 2 aliphatic heterocycles. The highest BCUT2D eigenvalue weighted by Gasteiger charge is 2.39. The Bertz CT molecular complexity index is 3320. The molecule has 0 saturated carbocycles. The third-order valence-corrected chi connectivity index (χ3v) is 11.3. The molecule has 8 aromatic rings. The van der Waals surface area contributed by atoms with Gasteiger partial charge in [0.2, 0.25) is 11.9 Å². The van der Waals surface area contributed by atoms with Gasteiger partial charge in [-0.1, -0.05) is 6.58 Å². The zero-order chi connectivity index (χ0) is 42.8. The van der Waals surface area contributed by atoms with Crippen LogP contribution in [0.1, 0.15) is 39.3 Å². The number of fused-ring (bicyclic) bond motifs is 4. The summed E-state index contributed by atoms with van der Waals surface area (Å²) >= 11 is 0. The molecule has 0 amide bonds. The van der Waals surface area contributed by atoms with Gasteiger partial charge in [0.25, 0.3) is 5.56 Å². The van der Waals surface area contributed by atoms with Gasteiger partial charge in [-0.3, -0.25) is 18.3 Å². The monoisotopic (exact) mass is 829 g/mol. The Kier molecular flexibility index (Phi) is 8.99. The first-order valence-electron chi connectivity index (χ1n) is 19.4. The Balaban J connectivity index is 0.875. The molecule has 2 aromatic carbocycles. The third kappa shape index (κ3) is 6.24. The maximum atomic E-state index is 15.7. The summed E-state index contributed by atoms with van der Waals surface area (Å²) in [6, 6.07) is 15.3. The number of nitrogens with one attached hydrogen (secondary N) is 2. The number of aryl methyl sites for hydroxylation is 2. The van der Waals surface area contributed by atoms with Crippen LogP contribution in [0.4, 0.5) is 20.7 Å². The van der Waals surface area contributed by atoms with E-state index < -0.39 is 23.8 Å². The summed E-state index contributed by atoms with van der Waals surface area (Å²) in [5.41, 5.74) is 5.78. The SMILES string of the molecule is C=Cc1cc(-c2cnc(NCc3c(F)ccc4c3CC(C3Cc5c(ccc(F)c5CNc5ncc(-c6cccn(C)c6=O)c6nc(C#N)cn56)O3)O4)n3cc(C#N)nc23)n(C)n1. The molecular formula is C44H33F2N13O3. The molecule has 8 heterocycles. The van der Waals surface area contributed by atoms with Crippen LogP contribution in [-0.2, 0) is 40.0 Å². The van der Waals surface area contributed by atoms with Crippen LogP contribution < -0.4 is 25.7 Å².